The second-order valence-corrected chi connectivity index (χ2v) is 8.03. The monoisotopic (exact) mass is 425 g/mol. The number of pyridine rings is 1. The molecular weight excluding hydrogens is 406 g/mol. The largest absolute Gasteiger partial charge is 0.272 e. The molecule has 0 aliphatic heterocycles. The van der Waals surface area contributed by atoms with E-state index in [0.717, 1.165) is 52.7 Å². The molecule has 1 amide bonds. The molecule has 152 valence electrons. The van der Waals surface area contributed by atoms with Crippen LogP contribution in [0.3, 0.4) is 0 Å². The molecule has 4 aromatic rings. The minimum absolute atomic E-state index is 0.246. The van der Waals surface area contributed by atoms with Crippen LogP contribution in [0.1, 0.15) is 34.3 Å². The van der Waals surface area contributed by atoms with Crippen LogP contribution in [0.5, 0.6) is 0 Å². The molecule has 0 bridgehead atoms. The lowest BCUT2D eigenvalue weighted by Crippen LogP contribution is -2.22. The summed E-state index contributed by atoms with van der Waals surface area (Å²) in [6.07, 6.45) is 2.93. The molecule has 0 saturated heterocycles. The van der Waals surface area contributed by atoms with Crippen LogP contribution in [0.2, 0.25) is 5.02 Å². The number of halogens is 1. The Morgan fingerprint density at radius 3 is 2.58 bits per heavy atom. The first-order valence-corrected chi connectivity index (χ1v) is 10.7. The van der Waals surface area contributed by atoms with Crippen molar-refractivity contribution in [2.24, 2.45) is 5.10 Å². The van der Waals surface area contributed by atoms with Crippen LogP contribution in [-0.4, -0.2) is 16.6 Å². The molecule has 0 fully saturated rings. The topological polar surface area (TPSA) is 54.4 Å². The lowest BCUT2D eigenvalue weighted by molar-refractivity contribution is 0.0956. The number of hydrogen-bond donors (Lipinski definition) is 1. The maximum atomic E-state index is 13.2. The fourth-order valence-corrected chi connectivity index (χ4v) is 4.15. The summed E-state index contributed by atoms with van der Waals surface area (Å²) in [6, 6.07) is 25.2. The number of aromatic nitrogens is 1. The van der Waals surface area contributed by atoms with Crippen molar-refractivity contribution in [2.45, 2.75) is 19.3 Å². The molecule has 5 heteroatoms. The van der Waals surface area contributed by atoms with Gasteiger partial charge in [0.25, 0.3) is 5.91 Å². The Labute approximate surface area is 185 Å². The predicted octanol–water partition coefficient (Wildman–Crippen LogP) is 6.03. The van der Waals surface area contributed by atoms with E-state index in [1.165, 1.54) is 5.56 Å². The highest BCUT2D eigenvalue weighted by Crippen LogP contribution is 2.26. The van der Waals surface area contributed by atoms with Gasteiger partial charge in [0, 0.05) is 21.5 Å². The van der Waals surface area contributed by atoms with Gasteiger partial charge >= 0.3 is 0 Å². The summed E-state index contributed by atoms with van der Waals surface area (Å²) in [5, 5.41) is 5.95. The first-order valence-electron chi connectivity index (χ1n) is 10.3. The number of aryl methyl sites for hydroxylation is 1. The van der Waals surface area contributed by atoms with Gasteiger partial charge in [-0.1, -0.05) is 66.2 Å². The third-order valence-electron chi connectivity index (χ3n) is 5.58. The van der Waals surface area contributed by atoms with Crippen LogP contribution in [0.4, 0.5) is 0 Å². The zero-order valence-corrected chi connectivity index (χ0v) is 17.6. The number of nitrogens with zero attached hydrogens (tertiary/aromatic N) is 2. The molecule has 1 aromatic heterocycles. The zero-order chi connectivity index (χ0) is 21.2. The normalized spacial score (nSPS) is 14.4. The summed E-state index contributed by atoms with van der Waals surface area (Å²) in [4.78, 5) is 17.9. The maximum Gasteiger partial charge on any atom is 0.272 e. The van der Waals surface area contributed by atoms with Crippen molar-refractivity contribution in [3.63, 3.8) is 0 Å². The molecule has 0 saturated carbocycles. The van der Waals surface area contributed by atoms with Crippen LogP contribution in [0, 0.1) is 0 Å². The van der Waals surface area contributed by atoms with Crippen LogP contribution in [-0.2, 0) is 6.42 Å². The van der Waals surface area contributed by atoms with Gasteiger partial charge in [-0.05, 0) is 49.1 Å². The lowest BCUT2D eigenvalue weighted by atomic mass is 9.90. The fraction of sp³-hybridized carbons (Fsp3) is 0.115. The average Bonchev–Trinajstić information content (AvgIpc) is 2.82. The Morgan fingerprint density at radius 1 is 0.935 bits per heavy atom. The van der Waals surface area contributed by atoms with Gasteiger partial charge in [-0.2, -0.15) is 5.10 Å². The highest BCUT2D eigenvalue weighted by atomic mass is 35.5. The van der Waals surface area contributed by atoms with E-state index in [-0.39, 0.29) is 5.91 Å². The number of nitrogens with one attached hydrogen (secondary N) is 1. The third kappa shape index (κ3) is 3.94. The molecule has 0 unspecified atom stereocenters. The Hall–Kier alpha value is -3.50. The van der Waals surface area contributed by atoms with Gasteiger partial charge in [-0.25, -0.2) is 10.4 Å². The molecule has 31 heavy (non-hydrogen) atoms. The van der Waals surface area contributed by atoms with Crippen molar-refractivity contribution in [2.75, 3.05) is 0 Å². The Morgan fingerprint density at radius 2 is 1.71 bits per heavy atom. The van der Waals surface area contributed by atoms with E-state index in [0.29, 0.717) is 10.6 Å². The van der Waals surface area contributed by atoms with Gasteiger partial charge < -0.3 is 0 Å². The summed E-state index contributed by atoms with van der Waals surface area (Å²) in [7, 11) is 0. The molecule has 1 aliphatic rings. The molecule has 5 rings (SSSR count). The molecule has 1 heterocycles. The smallest absolute Gasteiger partial charge is 0.267 e. The van der Waals surface area contributed by atoms with E-state index in [1.807, 2.05) is 66.7 Å². The molecule has 0 radical (unpaired) electrons. The minimum atomic E-state index is -0.246. The van der Waals surface area contributed by atoms with E-state index >= 15 is 0 Å². The SMILES string of the molecule is O=C(NN=C1CCCc2ccccc21)c1cc(-c2ccc(Cl)cc2)nc2ccccc12. The van der Waals surface area contributed by atoms with Crippen LogP contribution in [0.15, 0.2) is 84.0 Å². The number of rotatable bonds is 3. The fourth-order valence-electron chi connectivity index (χ4n) is 4.03. The zero-order valence-electron chi connectivity index (χ0n) is 16.8. The molecule has 3 aromatic carbocycles. The summed E-state index contributed by atoms with van der Waals surface area (Å²) in [5.41, 5.74) is 9.04. The van der Waals surface area contributed by atoms with E-state index in [1.54, 1.807) is 0 Å². The molecule has 1 aliphatic carbocycles. The van der Waals surface area contributed by atoms with E-state index in [2.05, 4.69) is 22.7 Å². The number of carbonyl (C=O) groups is 1. The summed E-state index contributed by atoms with van der Waals surface area (Å²) in [6.45, 7) is 0. The van der Waals surface area contributed by atoms with Crippen molar-refractivity contribution in [1.29, 1.82) is 0 Å². The second kappa shape index (κ2) is 8.32. The second-order valence-electron chi connectivity index (χ2n) is 7.59. The first kappa shape index (κ1) is 19.5. The predicted molar refractivity (Wildman–Crippen MR) is 126 cm³/mol. The Balaban J connectivity index is 1.52. The maximum absolute atomic E-state index is 13.2. The van der Waals surface area contributed by atoms with Crippen LogP contribution in [0.25, 0.3) is 22.2 Å². The van der Waals surface area contributed by atoms with Gasteiger partial charge in [0.15, 0.2) is 0 Å². The third-order valence-corrected chi connectivity index (χ3v) is 5.83. The number of fused-ring (bicyclic) bond motifs is 2. The molecule has 0 atom stereocenters. The lowest BCUT2D eigenvalue weighted by Gasteiger charge is -2.17. The average molecular weight is 426 g/mol. The standard InChI is InChI=1S/C26H20ClN3O/c27-19-14-12-18(13-15-19)25-16-22(21-9-3-4-10-23(21)28-25)26(31)30-29-24-11-5-7-17-6-1-2-8-20(17)24/h1-4,6,8-10,12-16H,5,7,11H2,(H,30,31). The number of benzene rings is 3. The Bertz CT molecular complexity index is 1310. The van der Waals surface area contributed by atoms with Gasteiger partial charge in [0.05, 0.1) is 22.5 Å². The summed E-state index contributed by atoms with van der Waals surface area (Å²) >= 11 is 6.03. The van der Waals surface area contributed by atoms with Crippen molar-refractivity contribution in [3.8, 4) is 11.3 Å². The number of para-hydroxylation sites is 1. The Kier molecular flexibility index (Phi) is 5.23. The molecule has 1 N–H and O–H groups in total. The number of hydrogen-bond acceptors (Lipinski definition) is 3. The van der Waals surface area contributed by atoms with Crippen molar-refractivity contribution >= 4 is 34.1 Å². The first-order chi connectivity index (χ1) is 15.2. The number of carbonyl (C=O) groups excluding carboxylic acids is 1. The minimum Gasteiger partial charge on any atom is -0.267 e. The van der Waals surface area contributed by atoms with Crippen LogP contribution >= 0.6 is 11.6 Å². The van der Waals surface area contributed by atoms with E-state index in [4.69, 9.17) is 16.6 Å². The summed E-state index contributed by atoms with van der Waals surface area (Å²) in [5.74, 6) is -0.246. The molecule has 4 nitrogen and oxygen atoms in total. The van der Waals surface area contributed by atoms with Crippen molar-refractivity contribution < 1.29 is 4.79 Å². The van der Waals surface area contributed by atoms with E-state index < -0.39 is 0 Å². The number of hydrazone groups is 1. The number of amides is 1. The van der Waals surface area contributed by atoms with Gasteiger partial charge in [-0.3, -0.25) is 4.79 Å². The molecule has 0 spiro atoms. The van der Waals surface area contributed by atoms with Gasteiger partial charge in [0.2, 0.25) is 0 Å². The summed E-state index contributed by atoms with van der Waals surface area (Å²) < 4.78 is 0. The van der Waals surface area contributed by atoms with Gasteiger partial charge in [-0.15, -0.1) is 0 Å². The van der Waals surface area contributed by atoms with Crippen molar-refractivity contribution in [1.82, 2.24) is 10.4 Å². The molecular formula is C26H20ClN3O. The quantitative estimate of drug-likeness (QED) is 0.408. The van der Waals surface area contributed by atoms with Crippen LogP contribution < -0.4 is 5.43 Å². The van der Waals surface area contributed by atoms with Crippen molar-refractivity contribution in [3.05, 3.63) is 101 Å². The highest BCUT2D eigenvalue weighted by Gasteiger charge is 2.17. The highest BCUT2D eigenvalue weighted by molar-refractivity contribution is 6.30. The van der Waals surface area contributed by atoms with Gasteiger partial charge in [0.1, 0.15) is 0 Å². The van der Waals surface area contributed by atoms with E-state index in [9.17, 15) is 4.79 Å².